The molecule has 0 aliphatic carbocycles. The Hall–Kier alpha value is -0.661. The molecule has 7 nitrogen and oxygen atoms in total. The van der Waals surface area contributed by atoms with E-state index in [0.717, 1.165) is 0 Å². The van der Waals surface area contributed by atoms with Crippen LogP contribution in [0.15, 0.2) is 0 Å². The van der Waals surface area contributed by atoms with Crippen LogP contribution >= 0.6 is 0 Å². The van der Waals surface area contributed by atoms with Gasteiger partial charge < -0.3 is 36.5 Å². The summed E-state index contributed by atoms with van der Waals surface area (Å²) in [5, 5.41) is 19.6. The van der Waals surface area contributed by atoms with Crippen LogP contribution in [0.1, 0.15) is 12.8 Å². The van der Waals surface area contributed by atoms with Gasteiger partial charge in [-0.05, 0) is 12.8 Å². The van der Waals surface area contributed by atoms with E-state index in [1.807, 2.05) is 0 Å². The van der Waals surface area contributed by atoms with Crippen LogP contribution in [-0.2, 0) is 26.7 Å². The topological polar surface area (TPSA) is 169 Å². The predicted molar refractivity (Wildman–Crippen MR) is 34.5 cm³/mol. The van der Waals surface area contributed by atoms with Gasteiger partial charge in [0.1, 0.15) is 0 Å². The van der Waals surface area contributed by atoms with Gasteiger partial charge in [0.15, 0.2) is 0 Å². The van der Waals surface area contributed by atoms with Gasteiger partial charge in [-0.2, -0.15) is 0 Å². The number of rotatable bonds is 4. The van der Waals surface area contributed by atoms with Crippen molar-refractivity contribution in [3.8, 4) is 0 Å². The van der Waals surface area contributed by atoms with Crippen LogP contribution in [-0.4, -0.2) is 28.9 Å². The quantitative estimate of drug-likeness (QED) is 0.487. The Balaban J connectivity index is -0.000000135. The first-order valence-electron chi connectivity index (χ1n) is 2.70. The average Bonchev–Trinajstić information content (AvgIpc) is 1.82. The third-order valence-electron chi connectivity index (χ3n) is 0.962. The van der Waals surface area contributed by atoms with Crippen LogP contribution in [0.4, 0.5) is 0 Å². The Bertz CT molecular complexity index is 152. The molecule has 0 bridgehead atoms. The van der Waals surface area contributed by atoms with Crippen molar-refractivity contribution in [1.82, 2.24) is 0 Å². The molecule has 0 aliphatic heterocycles. The van der Waals surface area contributed by atoms with Crippen molar-refractivity contribution in [3.63, 3.8) is 0 Å². The molecule has 0 aliphatic rings. The zero-order valence-electron chi connectivity index (χ0n) is 6.50. The Morgan fingerprint density at radius 2 is 1.62 bits per heavy atom. The number of carboxylic acid groups (broad SMARTS) is 2. The van der Waals surface area contributed by atoms with E-state index in [1.54, 1.807) is 0 Å². The van der Waals surface area contributed by atoms with Crippen LogP contribution in [0.2, 0.25) is 0 Å². The first-order chi connectivity index (χ1) is 4.54. The van der Waals surface area contributed by atoms with Gasteiger partial charge in [-0.25, -0.2) is 0 Å². The molecule has 1 unspecified atom stereocenters. The molecular formula is C5H11CuNO6-. The van der Waals surface area contributed by atoms with E-state index >= 15 is 0 Å². The molecule has 0 aromatic carbocycles. The molecule has 0 radical (unpaired) electrons. The third kappa shape index (κ3) is 14.2. The van der Waals surface area contributed by atoms with E-state index in [0.29, 0.717) is 0 Å². The van der Waals surface area contributed by atoms with E-state index in [-0.39, 0.29) is 40.9 Å². The van der Waals surface area contributed by atoms with Gasteiger partial charge in [-0.3, -0.25) is 0 Å². The van der Waals surface area contributed by atoms with Gasteiger partial charge in [-0.15, -0.1) is 0 Å². The monoisotopic (exact) mass is 244 g/mol. The minimum Gasteiger partial charge on any atom is -0.550 e. The average molecular weight is 245 g/mol. The van der Waals surface area contributed by atoms with E-state index in [9.17, 15) is 19.8 Å². The fraction of sp³-hybridized carbons (Fsp3) is 0.600. The predicted octanol–water partition coefficient (Wildman–Crippen LogP) is -5.06. The van der Waals surface area contributed by atoms with Crippen molar-refractivity contribution in [2.45, 2.75) is 18.9 Å². The summed E-state index contributed by atoms with van der Waals surface area (Å²) in [6, 6.07) is -1.21. The first kappa shape index (κ1) is 22.8. The minimum atomic E-state index is -1.44. The van der Waals surface area contributed by atoms with Gasteiger partial charge in [0.2, 0.25) is 0 Å². The fourth-order valence-corrected chi connectivity index (χ4v) is 0.391. The second-order valence-corrected chi connectivity index (χ2v) is 1.84. The normalized spacial score (nSPS) is 9.62. The summed E-state index contributed by atoms with van der Waals surface area (Å²) in [5.41, 5.74) is 4.91. The van der Waals surface area contributed by atoms with Crippen LogP contribution in [0.3, 0.4) is 0 Å². The molecule has 1 atom stereocenters. The van der Waals surface area contributed by atoms with Crippen LogP contribution < -0.4 is 15.9 Å². The number of carboxylic acids is 2. The maximum absolute atomic E-state index is 9.86. The zero-order valence-corrected chi connectivity index (χ0v) is 7.45. The Morgan fingerprint density at radius 3 is 1.85 bits per heavy atom. The van der Waals surface area contributed by atoms with E-state index in [1.165, 1.54) is 0 Å². The summed E-state index contributed by atoms with van der Waals surface area (Å²) >= 11 is 0. The number of hydrogen-bond acceptors (Lipinski definition) is 5. The standard InChI is InChI=1S/C5H9NO4.Cu.2H2O/c6-3(5(9)10)1-2-4(7)8;;;/h3H,1-2,6H2,(H,7,8)(H,9,10);;2*1H2/q;+1;;/p-2. The molecule has 0 spiro atoms. The van der Waals surface area contributed by atoms with Crippen molar-refractivity contribution in [2.75, 3.05) is 0 Å². The minimum absolute atomic E-state index is 0. The SMILES string of the molecule is NC(CCC(=O)[O-])C(=O)[O-].O.O.[Cu+]. The maximum atomic E-state index is 9.86. The molecule has 6 N–H and O–H groups in total. The van der Waals surface area contributed by atoms with Crippen molar-refractivity contribution in [1.29, 1.82) is 0 Å². The summed E-state index contributed by atoms with van der Waals surface area (Å²) in [6.45, 7) is 0. The summed E-state index contributed by atoms with van der Waals surface area (Å²) in [6.07, 6.45) is -0.500. The molecule has 84 valence electrons. The van der Waals surface area contributed by atoms with Crippen LogP contribution in [0.25, 0.3) is 0 Å². The van der Waals surface area contributed by atoms with Crippen LogP contribution in [0, 0.1) is 0 Å². The van der Waals surface area contributed by atoms with E-state index in [2.05, 4.69) is 0 Å². The Morgan fingerprint density at radius 1 is 1.23 bits per heavy atom. The van der Waals surface area contributed by atoms with E-state index in [4.69, 9.17) is 5.73 Å². The second kappa shape index (κ2) is 11.3. The van der Waals surface area contributed by atoms with Gasteiger partial charge in [-0.1, -0.05) is 0 Å². The molecular weight excluding hydrogens is 234 g/mol. The molecule has 0 rings (SSSR count). The van der Waals surface area contributed by atoms with Crippen molar-refractivity contribution < 1.29 is 47.8 Å². The molecule has 0 saturated heterocycles. The maximum Gasteiger partial charge on any atom is 1.00 e. The number of carbonyl (C=O) groups is 2. The number of nitrogens with two attached hydrogens (primary N) is 1. The number of aliphatic carboxylic acids is 2. The fourth-order valence-electron chi connectivity index (χ4n) is 0.391. The van der Waals surface area contributed by atoms with Crippen molar-refractivity contribution >= 4 is 11.9 Å². The van der Waals surface area contributed by atoms with Crippen molar-refractivity contribution in [2.24, 2.45) is 5.73 Å². The Labute approximate surface area is 85.0 Å². The van der Waals surface area contributed by atoms with Gasteiger partial charge in [0.25, 0.3) is 0 Å². The summed E-state index contributed by atoms with van der Waals surface area (Å²) in [4.78, 5) is 19.6. The molecule has 0 aromatic rings. The van der Waals surface area contributed by atoms with Crippen LogP contribution in [0.5, 0.6) is 0 Å². The number of hydrogen-bond donors (Lipinski definition) is 1. The summed E-state index contributed by atoms with van der Waals surface area (Å²) in [5.74, 6) is -2.75. The van der Waals surface area contributed by atoms with Gasteiger partial charge >= 0.3 is 17.1 Å². The summed E-state index contributed by atoms with van der Waals surface area (Å²) in [7, 11) is 0. The third-order valence-corrected chi connectivity index (χ3v) is 0.962. The molecule has 0 heterocycles. The van der Waals surface area contributed by atoms with E-state index < -0.39 is 18.0 Å². The number of carbonyl (C=O) groups excluding carboxylic acids is 2. The molecule has 0 amide bonds. The largest absolute Gasteiger partial charge is 1.00 e. The van der Waals surface area contributed by atoms with Gasteiger partial charge in [0, 0.05) is 12.0 Å². The Kier molecular flexibility index (Phi) is 19.9. The molecule has 0 fully saturated rings. The molecule has 0 saturated carbocycles. The molecule has 0 aromatic heterocycles. The zero-order chi connectivity index (χ0) is 8.15. The summed E-state index contributed by atoms with van der Waals surface area (Å²) < 4.78 is 0. The molecule has 13 heavy (non-hydrogen) atoms. The first-order valence-corrected chi connectivity index (χ1v) is 2.70. The van der Waals surface area contributed by atoms with Gasteiger partial charge in [0.05, 0.1) is 5.97 Å². The smallest absolute Gasteiger partial charge is 0.550 e. The van der Waals surface area contributed by atoms with Crippen molar-refractivity contribution in [3.05, 3.63) is 0 Å². The molecule has 8 heteroatoms. The second-order valence-electron chi connectivity index (χ2n) is 1.84.